The average Bonchev–Trinajstić information content (AvgIpc) is 2.66. The molecule has 1 aliphatic carbocycles. The standard InChI is InChI=1S/C16H32N2/c1-4-8-14-9-5-6-12-18(14)16(13-17)11-7-10-15(16,2)3/h14H,4-13,17H2,1-3H3. The Kier molecular flexibility index (Phi) is 4.38. The summed E-state index contributed by atoms with van der Waals surface area (Å²) in [5, 5.41) is 0. The van der Waals surface area contributed by atoms with E-state index in [9.17, 15) is 0 Å². The monoisotopic (exact) mass is 252 g/mol. The maximum atomic E-state index is 6.29. The van der Waals surface area contributed by atoms with Gasteiger partial charge in [0.2, 0.25) is 0 Å². The second-order valence-corrected chi connectivity index (χ2v) is 7.10. The molecule has 2 aliphatic rings. The Bertz CT molecular complexity index is 272. The van der Waals surface area contributed by atoms with Crippen molar-refractivity contribution in [3.8, 4) is 0 Å². The van der Waals surface area contributed by atoms with Gasteiger partial charge in [-0.05, 0) is 44.1 Å². The molecular weight excluding hydrogens is 220 g/mol. The Morgan fingerprint density at radius 3 is 2.50 bits per heavy atom. The predicted molar refractivity (Wildman–Crippen MR) is 78.7 cm³/mol. The Morgan fingerprint density at radius 2 is 1.94 bits per heavy atom. The maximum Gasteiger partial charge on any atom is 0.0385 e. The van der Waals surface area contributed by atoms with Crippen molar-refractivity contribution in [3.05, 3.63) is 0 Å². The van der Waals surface area contributed by atoms with Crippen LogP contribution in [-0.2, 0) is 0 Å². The van der Waals surface area contributed by atoms with E-state index in [0.717, 1.165) is 12.6 Å². The van der Waals surface area contributed by atoms with Crippen LogP contribution in [0.3, 0.4) is 0 Å². The minimum Gasteiger partial charge on any atom is -0.329 e. The van der Waals surface area contributed by atoms with Crippen molar-refractivity contribution in [2.75, 3.05) is 13.1 Å². The number of piperidine rings is 1. The van der Waals surface area contributed by atoms with E-state index < -0.39 is 0 Å². The lowest BCUT2D eigenvalue weighted by molar-refractivity contribution is -0.0389. The second kappa shape index (κ2) is 5.50. The van der Waals surface area contributed by atoms with E-state index in [4.69, 9.17) is 5.73 Å². The number of hydrogen-bond donors (Lipinski definition) is 1. The van der Waals surface area contributed by atoms with Crippen LogP contribution in [0.5, 0.6) is 0 Å². The van der Waals surface area contributed by atoms with E-state index in [1.54, 1.807) is 0 Å². The number of rotatable bonds is 4. The van der Waals surface area contributed by atoms with Gasteiger partial charge in [-0.1, -0.05) is 40.0 Å². The zero-order valence-electron chi connectivity index (χ0n) is 12.7. The highest BCUT2D eigenvalue weighted by atomic mass is 15.3. The number of hydrogen-bond acceptors (Lipinski definition) is 2. The first-order valence-corrected chi connectivity index (χ1v) is 8.04. The molecule has 2 fully saturated rings. The van der Waals surface area contributed by atoms with Crippen LogP contribution >= 0.6 is 0 Å². The molecule has 1 aliphatic heterocycles. The van der Waals surface area contributed by atoms with Gasteiger partial charge in [-0.15, -0.1) is 0 Å². The van der Waals surface area contributed by atoms with Gasteiger partial charge in [-0.25, -0.2) is 0 Å². The van der Waals surface area contributed by atoms with Gasteiger partial charge in [-0.3, -0.25) is 4.90 Å². The molecule has 0 aromatic carbocycles. The molecule has 2 unspecified atom stereocenters. The highest BCUT2D eigenvalue weighted by Crippen LogP contribution is 2.51. The molecule has 106 valence electrons. The molecule has 1 saturated heterocycles. The summed E-state index contributed by atoms with van der Waals surface area (Å²) in [7, 11) is 0. The van der Waals surface area contributed by atoms with Crippen LogP contribution in [0, 0.1) is 5.41 Å². The second-order valence-electron chi connectivity index (χ2n) is 7.10. The normalized spacial score (nSPS) is 37.0. The van der Waals surface area contributed by atoms with Crippen molar-refractivity contribution in [3.63, 3.8) is 0 Å². The molecule has 2 rings (SSSR count). The van der Waals surface area contributed by atoms with Crippen LogP contribution in [-0.4, -0.2) is 29.6 Å². The summed E-state index contributed by atoms with van der Waals surface area (Å²) in [5.41, 5.74) is 6.97. The third-order valence-electron chi connectivity index (χ3n) is 5.79. The summed E-state index contributed by atoms with van der Waals surface area (Å²) < 4.78 is 0. The van der Waals surface area contributed by atoms with Crippen molar-refractivity contribution >= 4 is 0 Å². The van der Waals surface area contributed by atoms with Crippen LogP contribution < -0.4 is 5.73 Å². The Hall–Kier alpha value is -0.0800. The summed E-state index contributed by atoms with van der Waals surface area (Å²) in [6.45, 7) is 9.35. The molecule has 1 saturated carbocycles. The third-order valence-corrected chi connectivity index (χ3v) is 5.79. The highest BCUT2D eigenvalue weighted by molar-refractivity contribution is 5.09. The first-order valence-electron chi connectivity index (χ1n) is 8.04. The fourth-order valence-corrected chi connectivity index (χ4v) is 4.62. The van der Waals surface area contributed by atoms with Crippen molar-refractivity contribution in [2.24, 2.45) is 11.1 Å². The lowest BCUT2D eigenvalue weighted by Crippen LogP contribution is -2.63. The molecule has 0 bridgehead atoms. The summed E-state index contributed by atoms with van der Waals surface area (Å²) in [4.78, 5) is 2.84. The fraction of sp³-hybridized carbons (Fsp3) is 1.00. The van der Waals surface area contributed by atoms with Gasteiger partial charge >= 0.3 is 0 Å². The van der Waals surface area contributed by atoms with Gasteiger partial charge in [0.25, 0.3) is 0 Å². The molecule has 0 radical (unpaired) electrons. The van der Waals surface area contributed by atoms with Crippen molar-refractivity contribution in [1.82, 2.24) is 4.90 Å². The van der Waals surface area contributed by atoms with Gasteiger partial charge in [0.05, 0.1) is 0 Å². The molecule has 2 nitrogen and oxygen atoms in total. The summed E-state index contributed by atoms with van der Waals surface area (Å²) in [5.74, 6) is 0. The molecular formula is C16H32N2. The minimum atomic E-state index is 0.285. The highest BCUT2D eigenvalue weighted by Gasteiger charge is 2.53. The lowest BCUT2D eigenvalue weighted by Gasteiger charge is -2.54. The molecule has 0 aromatic heterocycles. The number of nitrogens with zero attached hydrogens (tertiary/aromatic N) is 1. The summed E-state index contributed by atoms with van der Waals surface area (Å²) >= 11 is 0. The van der Waals surface area contributed by atoms with E-state index in [2.05, 4.69) is 25.7 Å². The van der Waals surface area contributed by atoms with Crippen LogP contribution in [0.1, 0.15) is 72.1 Å². The molecule has 18 heavy (non-hydrogen) atoms. The Balaban J connectivity index is 2.24. The van der Waals surface area contributed by atoms with Gasteiger partial charge in [0, 0.05) is 18.1 Å². The molecule has 0 amide bonds. The number of likely N-dealkylation sites (tertiary alicyclic amines) is 1. The maximum absolute atomic E-state index is 6.29. The van der Waals surface area contributed by atoms with Gasteiger partial charge in [0.1, 0.15) is 0 Å². The minimum absolute atomic E-state index is 0.285. The topological polar surface area (TPSA) is 29.3 Å². The van der Waals surface area contributed by atoms with Crippen molar-refractivity contribution in [1.29, 1.82) is 0 Å². The van der Waals surface area contributed by atoms with Gasteiger partial charge in [0.15, 0.2) is 0 Å². The average molecular weight is 252 g/mol. The predicted octanol–water partition coefficient (Wildman–Crippen LogP) is 3.55. The van der Waals surface area contributed by atoms with Crippen LogP contribution in [0.15, 0.2) is 0 Å². The molecule has 2 N–H and O–H groups in total. The van der Waals surface area contributed by atoms with Gasteiger partial charge in [-0.2, -0.15) is 0 Å². The van der Waals surface area contributed by atoms with E-state index >= 15 is 0 Å². The Labute approximate surface area is 113 Å². The quantitative estimate of drug-likeness (QED) is 0.829. The van der Waals surface area contributed by atoms with Gasteiger partial charge < -0.3 is 5.73 Å². The van der Waals surface area contributed by atoms with Crippen LogP contribution in [0.4, 0.5) is 0 Å². The lowest BCUT2D eigenvalue weighted by atomic mass is 9.72. The van der Waals surface area contributed by atoms with E-state index in [1.165, 1.54) is 57.9 Å². The summed E-state index contributed by atoms with van der Waals surface area (Å²) in [6.07, 6.45) is 10.9. The fourth-order valence-electron chi connectivity index (χ4n) is 4.62. The molecule has 1 heterocycles. The van der Waals surface area contributed by atoms with Crippen molar-refractivity contribution in [2.45, 2.75) is 83.7 Å². The van der Waals surface area contributed by atoms with Crippen LogP contribution in [0.2, 0.25) is 0 Å². The van der Waals surface area contributed by atoms with E-state index in [1.807, 2.05) is 0 Å². The molecule has 2 atom stereocenters. The third kappa shape index (κ3) is 2.22. The zero-order valence-corrected chi connectivity index (χ0v) is 12.7. The Morgan fingerprint density at radius 1 is 1.17 bits per heavy atom. The zero-order chi connectivity index (χ0) is 13.2. The molecule has 2 heteroatoms. The smallest absolute Gasteiger partial charge is 0.0385 e. The first kappa shape index (κ1) is 14.3. The largest absolute Gasteiger partial charge is 0.329 e. The van der Waals surface area contributed by atoms with Crippen molar-refractivity contribution < 1.29 is 0 Å². The SMILES string of the molecule is CCCC1CCCCN1C1(CN)CCCC1(C)C. The molecule has 0 aromatic rings. The molecule has 0 spiro atoms. The van der Waals surface area contributed by atoms with Crippen LogP contribution in [0.25, 0.3) is 0 Å². The van der Waals surface area contributed by atoms with E-state index in [0.29, 0.717) is 5.41 Å². The first-order chi connectivity index (χ1) is 8.57. The number of nitrogens with two attached hydrogens (primary N) is 1. The van der Waals surface area contributed by atoms with E-state index in [-0.39, 0.29) is 5.54 Å². The summed E-state index contributed by atoms with van der Waals surface area (Å²) in [6, 6.07) is 0.796.